The highest BCUT2D eigenvalue weighted by Gasteiger charge is 2.32. The van der Waals surface area contributed by atoms with E-state index in [0.717, 1.165) is 12.1 Å². The summed E-state index contributed by atoms with van der Waals surface area (Å²) in [5.41, 5.74) is 5.73. The predicted octanol–water partition coefficient (Wildman–Crippen LogP) is 2.64. The molecule has 7 heteroatoms. The Hall–Kier alpha value is -1.81. The molecule has 1 aromatic rings. The smallest absolute Gasteiger partial charge is 0.403 e. The van der Waals surface area contributed by atoms with Crippen molar-refractivity contribution in [2.45, 2.75) is 18.8 Å². The molecule has 0 unspecified atom stereocenters. The van der Waals surface area contributed by atoms with Gasteiger partial charge in [-0.2, -0.15) is 5.26 Å². The standard InChI is InChI=1S/C10H8F4N2O/c11-7-5-6(8(16)3-4-15)1-2-9(7)17-10(12,13)14/h1-2,5,8H,3,16H2/t8-/m1/s1. The normalized spacial score (nSPS) is 12.9. The summed E-state index contributed by atoms with van der Waals surface area (Å²) in [4.78, 5) is 0. The first kappa shape index (κ1) is 13.3. The second-order valence-corrected chi connectivity index (χ2v) is 3.21. The highest BCUT2D eigenvalue weighted by molar-refractivity contribution is 5.31. The van der Waals surface area contributed by atoms with E-state index in [9.17, 15) is 17.6 Å². The molecule has 0 bridgehead atoms. The van der Waals surface area contributed by atoms with Gasteiger partial charge in [-0.15, -0.1) is 13.2 Å². The average molecular weight is 248 g/mol. The number of nitrogens with zero attached hydrogens (tertiary/aromatic N) is 1. The number of rotatable bonds is 3. The molecule has 1 rings (SSSR count). The van der Waals surface area contributed by atoms with E-state index in [1.807, 2.05) is 0 Å². The minimum atomic E-state index is -4.95. The van der Waals surface area contributed by atoms with E-state index in [0.29, 0.717) is 0 Å². The van der Waals surface area contributed by atoms with Crippen LogP contribution in [0.3, 0.4) is 0 Å². The Bertz CT molecular complexity index is 439. The van der Waals surface area contributed by atoms with Crippen LogP contribution < -0.4 is 10.5 Å². The van der Waals surface area contributed by atoms with Crippen molar-refractivity contribution in [3.05, 3.63) is 29.6 Å². The molecule has 0 saturated heterocycles. The summed E-state index contributed by atoms with van der Waals surface area (Å²) in [7, 11) is 0. The summed E-state index contributed by atoms with van der Waals surface area (Å²) in [5.74, 6) is -2.10. The van der Waals surface area contributed by atoms with Crippen LogP contribution >= 0.6 is 0 Å². The van der Waals surface area contributed by atoms with Crippen LogP contribution in [0.25, 0.3) is 0 Å². The minimum absolute atomic E-state index is 0.0566. The van der Waals surface area contributed by atoms with Crippen LogP contribution in [0.2, 0.25) is 0 Å². The molecular weight excluding hydrogens is 240 g/mol. The Morgan fingerprint density at radius 2 is 2.06 bits per heavy atom. The molecule has 0 aromatic heterocycles. The van der Waals surface area contributed by atoms with Gasteiger partial charge in [0.1, 0.15) is 0 Å². The lowest BCUT2D eigenvalue weighted by atomic mass is 10.1. The molecule has 0 aliphatic carbocycles. The van der Waals surface area contributed by atoms with Crippen LogP contribution in [0.4, 0.5) is 17.6 Å². The fourth-order valence-corrected chi connectivity index (χ4v) is 1.17. The lowest BCUT2D eigenvalue weighted by Gasteiger charge is -2.12. The van der Waals surface area contributed by atoms with Gasteiger partial charge in [0, 0.05) is 6.04 Å². The average Bonchev–Trinajstić information content (AvgIpc) is 2.19. The molecule has 0 fully saturated rings. The van der Waals surface area contributed by atoms with Gasteiger partial charge in [0.15, 0.2) is 11.6 Å². The zero-order valence-electron chi connectivity index (χ0n) is 8.46. The molecule has 0 spiro atoms. The van der Waals surface area contributed by atoms with Crippen molar-refractivity contribution in [2.24, 2.45) is 5.73 Å². The molecule has 1 atom stereocenters. The third-order valence-electron chi connectivity index (χ3n) is 1.92. The number of hydrogen-bond donors (Lipinski definition) is 1. The van der Waals surface area contributed by atoms with Crippen molar-refractivity contribution >= 4 is 0 Å². The zero-order valence-corrected chi connectivity index (χ0v) is 8.46. The van der Waals surface area contributed by atoms with E-state index in [1.165, 1.54) is 6.07 Å². The van der Waals surface area contributed by atoms with Crippen LogP contribution in [0.1, 0.15) is 18.0 Å². The van der Waals surface area contributed by atoms with Crippen LogP contribution in [0.5, 0.6) is 5.75 Å². The number of hydrogen-bond acceptors (Lipinski definition) is 3. The maximum atomic E-state index is 13.2. The largest absolute Gasteiger partial charge is 0.573 e. The minimum Gasteiger partial charge on any atom is -0.403 e. The molecule has 0 aliphatic rings. The van der Waals surface area contributed by atoms with Crippen LogP contribution in [0, 0.1) is 17.1 Å². The molecule has 92 valence electrons. The van der Waals surface area contributed by atoms with E-state index >= 15 is 0 Å². The zero-order chi connectivity index (χ0) is 13.1. The van der Waals surface area contributed by atoms with E-state index in [2.05, 4.69) is 4.74 Å². The summed E-state index contributed by atoms with van der Waals surface area (Å²) < 4.78 is 52.2. The summed E-state index contributed by atoms with van der Waals surface area (Å²) in [6, 6.07) is 3.88. The first-order valence-corrected chi connectivity index (χ1v) is 4.51. The van der Waals surface area contributed by atoms with Gasteiger partial charge in [0.25, 0.3) is 0 Å². The van der Waals surface area contributed by atoms with Crippen molar-refractivity contribution in [2.75, 3.05) is 0 Å². The number of benzene rings is 1. The van der Waals surface area contributed by atoms with Gasteiger partial charge in [0.2, 0.25) is 0 Å². The van der Waals surface area contributed by atoms with Gasteiger partial charge in [-0.3, -0.25) is 0 Å². The Balaban J connectivity index is 2.91. The van der Waals surface area contributed by atoms with Crippen molar-refractivity contribution in [1.29, 1.82) is 5.26 Å². The molecule has 17 heavy (non-hydrogen) atoms. The number of nitriles is 1. The second kappa shape index (κ2) is 5.01. The molecule has 1 aromatic carbocycles. The van der Waals surface area contributed by atoms with Gasteiger partial charge in [-0.1, -0.05) is 6.07 Å². The highest BCUT2D eigenvalue weighted by Crippen LogP contribution is 2.27. The van der Waals surface area contributed by atoms with Gasteiger partial charge >= 0.3 is 6.36 Å². The first-order valence-electron chi connectivity index (χ1n) is 4.51. The Morgan fingerprint density at radius 3 is 2.53 bits per heavy atom. The van der Waals surface area contributed by atoms with E-state index in [1.54, 1.807) is 6.07 Å². The monoisotopic (exact) mass is 248 g/mol. The lowest BCUT2D eigenvalue weighted by molar-refractivity contribution is -0.275. The second-order valence-electron chi connectivity index (χ2n) is 3.21. The fourth-order valence-electron chi connectivity index (χ4n) is 1.17. The van der Waals surface area contributed by atoms with Crippen LogP contribution in [-0.4, -0.2) is 6.36 Å². The Morgan fingerprint density at radius 1 is 1.41 bits per heavy atom. The van der Waals surface area contributed by atoms with Crippen molar-refractivity contribution < 1.29 is 22.3 Å². The Labute approximate surface area is 94.4 Å². The van der Waals surface area contributed by atoms with Gasteiger partial charge < -0.3 is 10.5 Å². The summed E-state index contributed by atoms with van der Waals surface area (Å²) >= 11 is 0. The molecule has 0 aliphatic heterocycles. The number of halogens is 4. The topological polar surface area (TPSA) is 59.0 Å². The molecule has 0 radical (unpaired) electrons. The molecule has 2 N–H and O–H groups in total. The van der Waals surface area contributed by atoms with Crippen molar-refractivity contribution in [3.8, 4) is 11.8 Å². The van der Waals surface area contributed by atoms with E-state index in [-0.39, 0.29) is 12.0 Å². The SMILES string of the molecule is N#CC[C@@H](N)c1ccc(OC(F)(F)F)c(F)c1. The van der Waals surface area contributed by atoms with E-state index in [4.69, 9.17) is 11.0 Å². The van der Waals surface area contributed by atoms with Gasteiger partial charge in [0.05, 0.1) is 12.5 Å². The quantitative estimate of drug-likeness (QED) is 0.836. The van der Waals surface area contributed by atoms with Crippen molar-refractivity contribution in [3.63, 3.8) is 0 Å². The van der Waals surface area contributed by atoms with Crippen LogP contribution in [-0.2, 0) is 0 Å². The lowest BCUT2D eigenvalue weighted by Crippen LogP contribution is -2.18. The maximum Gasteiger partial charge on any atom is 0.573 e. The van der Waals surface area contributed by atoms with E-state index < -0.39 is 24.0 Å². The molecule has 0 heterocycles. The van der Waals surface area contributed by atoms with Crippen LogP contribution in [0.15, 0.2) is 18.2 Å². The summed E-state index contributed by atoms with van der Waals surface area (Å²) in [6.45, 7) is 0. The number of alkyl halides is 3. The third-order valence-corrected chi connectivity index (χ3v) is 1.92. The number of nitrogens with two attached hydrogens (primary N) is 1. The summed E-state index contributed by atoms with van der Waals surface area (Å²) in [6.07, 6.45) is -5.00. The summed E-state index contributed by atoms with van der Waals surface area (Å²) in [5, 5.41) is 8.38. The predicted molar refractivity (Wildman–Crippen MR) is 50.2 cm³/mol. The van der Waals surface area contributed by atoms with Gasteiger partial charge in [-0.25, -0.2) is 4.39 Å². The number of ether oxygens (including phenoxy) is 1. The Kier molecular flexibility index (Phi) is 3.91. The fraction of sp³-hybridized carbons (Fsp3) is 0.300. The highest BCUT2D eigenvalue weighted by atomic mass is 19.4. The van der Waals surface area contributed by atoms with Gasteiger partial charge in [-0.05, 0) is 17.7 Å². The third kappa shape index (κ3) is 3.92. The molecule has 0 amide bonds. The maximum absolute atomic E-state index is 13.2. The molecule has 3 nitrogen and oxygen atoms in total. The molecule has 0 saturated carbocycles. The van der Waals surface area contributed by atoms with Crippen molar-refractivity contribution in [1.82, 2.24) is 0 Å². The first-order chi connectivity index (χ1) is 7.83. The molecular formula is C10H8F4N2O.